The van der Waals surface area contributed by atoms with Crippen molar-refractivity contribution in [1.29, 1.82) is 0 Å². The maximum absolute atomic E-state index is 12.3. The van der Waals surface area contributed by atoms with Gasteiger partial charge >= 0.3 is 0 Å². The Morgan fingerprint density at radius 3 is 0.846 bits per heavy atom. The van der Waals surface area contributed by atoms with Crippen molar-refractivity contribution in [2.75, 3.05) is 0 Å². The highest BCUT2D eigenvalue weighted by molar-refractivity contribution is 7.80. The van der Waals surface area contributed by atoms with Crippen molar-refractivity contribution in [2.45, 2.75) is 454 Å². The molecular weight excluding hydrogens is 1150 g/mol. The molecule has 0 amide bonds. The summed E-state index contributed by atoms with van der Waals surface area (Å²) in [5.74, 6) is 0.765. The highest BCUT2D eigenvalue weighted by Gasteiger charge is 2.49. The minimum atomic E-state index is -0.691. The fourth-order valence-corrected chi connectivity index (χ4v) is 15.2. The number of unbranched alkanes of at least 4 members (excludes halogenated alkanes) is 44. The van der Waals surface area contributed by atoms with E-state index in [0.29, 0.717) is 34.4 Å². The summed E-state index contributed by atoms with van der Waals surface area (Å²) >= 11 is 12.8. The normalized spacial score (nSPS) is 12.9. The molecule has 2 aromatic carbocycles. The number of benzene rings is 2. The van der Waals surface area contributed by atoms with Crippen molar-refractivity contribution in [3.63, 3.8) is 0 Å². The summed E-state index contributed by atoms with van der Waals surface area (Å²) < 4.78 is 14.9. The largest absolute Gasteiger partial charge is 0.507 e. The van der Waals surface area contributed by atoms with Crippen molar-refractivity contribution >= 4 is 34.5 Å². The molecule has 528 valence electrons. The van der Waals surface area contributed by atoms with Gasteiger partial charge in [-0.15, -0.1) is 0 Å². The molecule has 0 aliphatic heterocycles. The summed E-state index contributed by atoms with van der Waals surface area (Å²) in [7, 11) is 0. The zero-order valence-corrected chi connectivity index (χ0v) is 64.7. The van der Waals surface area contributed by atoms with Crippen LogP contribution in [0, 0.1) is 33.1 Å². The van der Waals surface area contributed by atoms with E-state index in [-0.39, 0.29) is 23.0 Å². The van der Waals surface area contributed by atoms with Gasteiger partial charge < -0.3 is 19.7 Å². The van der Waals surface area contributed by atoms with E-state index in [1.54, 1.807) is 0 Å². The van der Waals surface area contributed by atoms with Crippen molar-refractivity contribution in [2.24, 2.45) is 5.41 Å². The summed E-state index contributed by atoms with van der Waals surface area (Å²) in [4.78, 5) is 0. The van der Waals surface area contributed by atoms with Crippen LogP contribution in [0.3, 0.4) is 0 Å². The van der Waals surface area contributed by atoms with E-state index in [9.17, 15) is 10.2 Å². The third-order valence-corrected chi connectivity index (χ3v) is 21.6. The second kappa shape index (κ2) is 51.1. The van der Waals surface area contributed by atoms with Crippen LogP contribution in [0.25, 0.3) is 0 Å². The molecule has 0 saturated carbocycles. The van der Waals surface area contributed by atoms with Crippen LogP contribution in [0.2, 0.25) is 0 Å². The van der Waals surface area contributed by atoms with E-state index in [1.807, 2.05) is 0 Å². The second-order valence-electron chi connectivity index (χ2n) is 31.4. The van der Waals surface area contributed by atoms with Gasteiger partial charge in [0.25, 0.3) is 0 Å². The Balaban J connectivity index is 2.50. The maximum atomic E-state index is 12.3. The molecule has 2 atom stereocenters. The molecule has 0 aromatic heterocycles. The molecule has 2 aromatic rings. The van der Waals surface area contributed by atoms with Gasteiger partial charge in [0.15, 0.2) is 10.1 Å². The van der Waals surface area contributed by atoms with Crippen LogP contribution < -0.4 is 0 Å². The molecule has 0 saturated heterocycles. The molecule has 4 nitrogen and oxygen atoms in total. The minimum absolute atomic E-state index is 0.233. The molecule has 0 bridgehead atoms. The lowest BCUT2D eigenvalue weighted by Gasteiger charge is -2.46. The van der Waals surface area contributed by atoms with E-state index < -0.39 is 5.41 Å². The van der Waals surface area contributed by atoms with Gasteiger partial charge in [-0.05, 0) is 153 Å². The summed E-state index contributed by atoms with van der Waals surface area (Å²) in [5, 5.41) is 25.9. The molecule has 2 rings (SSSR count). The van der Waals surface area contributed by atoms with Gasteiger partial charge in [0, 0.05) is 12.8 Å². The summed E-state index contributed by atoms with van der Waals surface area (Å²) in [6.45, 7) is 31.1. The first-order valence-corrected chi connectivity index (χ1v) is 40.5. The standard InChI is InChI=1S/C85H152O4S2/c1-15-18-21-24-27-30-33-36-39-42-45-48-51-54-57-60-63-79(90)88-73(8)85(67-74-69(4)65-76(83(9,10)11)81(86)71(74)6,68-75-70(5)66-77(84(12,13)14)82(87)72(75)7)78(62-59-56-53-50-47-44-41-38-35-32-29-26-23-20-17-3)89-80(91)64-61-58-55-52-49-46-43-40-37-34-31-28-25-22-19-16-2/h65-66,73,78,86-87H,15-64,67-68H2,1-14H3. The van der Waals surface area contributed by atoms with Crippen molar-refractivity contribution in [1.82, 2.24) is 0 Å². The Hall–Kier alpha value is -2.18. The van der Waals surface area contributed by atoms with Crippen molar-refractivity contribution in [3.8, 4) is 11.5 Å². The Kier molecular flexibility index (Phi) is 47.7. The lowest BCUT2D eigenvalue weighted by atomic mass is 9.65. The predicted molar refractivity (Wildman–Crippen MR) is 411 cm³/mol. The number of aromatic hydroxyl groups is 2. The Bertz CT molecular complexity index is 2080. The Labute approximate surface area is 578 Å². The number of phenols is 2. The molecule has 0 spiro atoms. The third-order valence-electron chi connectivity index (χ3n) is 21.0. The molecule has 0 heterocycles. The van der Waals surface area contributed by atoms with Gasteiger partial charge in [-0.3, -0.25) is 0 Å². The zero-order chi connectivity index (χ0) is 67.2. The molecule has 0 aliphatic rings. The first-order valence-electron chi connectivity index (χ1n) is 39.7. The molecule has 6 heteroatoms. The summed E-state index contributed by atoms with van der Waals surface area (Å²) in [6, 6.07) is 4.48. The molecule has 2 unspecified atom stereocenters. The van der Waals surface area contributed by atoms with Gasteiger partial charge in [-0.1, -0.05) is 357 Å². The minimum Gasteiger partial charge on any atom is -0.507 e. The molecule has 2 N–H and O–H groups in total. The zero-order valence-electron chi connectivity index (χ0n) is 63.1. The van der Waals surface area contributed by atoms with Gasteiger partial charge in [0.05, 0.1) is 5.41 Å². The quantitative estimate of drug-likeness (QED) is 0.0508. The van der Waals surface area contributed by atoms with Crippen molar-refractivity contribution in [3.05, 3.63) is 56.6 Å². The average molecular weight is 1300 g/mol. The number of ether oxygens (including phenoxy) is 2. The molecule has 0 radical (unpaired) electrons. The second-order valence-corrected chi connectivity index (χ2v) is 32.3. The first kappa shape index (κ1) is 84.9. The first-order chi connectivity index (χ1) is 43.7. The van der Waals surface area contributed by atoms with E-state index in [1.165, 1.54) is 281 Å². The summed E-state index contributed by atoms with van der Waals surface area (Å²) in [6.07, 6.45) is 65.5. The fourth-order valence-electron chi connectivity index (χ4n) is 14.6. The number of aryl methyl sites for hydroxylation is 2. The van der Waals surface area contributed by atoms with Crippen LogP contribution >= 0.6 is 24.4 Å². The van der Waals surface area contributed by atoms with Gasteiger partial charge in [0.1, 0.15) is 23.7 Å². The van der Waals surface area contributed by atoms with Gasteiger partial charge in [-0.25, -0.2) is 0 Å². The molecule has 0 aliphatic carbocycles. The van der Waals surface area contributed by atoms with Crippen LogP contribution in [0.15, 0.2) is 12.1 Å². The summed E-state index contributed by atoms with van der Waals surface area (Å²) in [5.41, 5.74) is 7.28. The number of phenolic OH excluding ortho intramolecular Hbond substituents is 2. The average Bonchev–Trinajstić information content (AvgIpc) is 0.877. The van der Waals surface area contributed by atoms with Crippen LogP contribution in [-0.2, 0) is 33.1 Å². The SMILES string of the molecule is CCCCCCCCCCCCCCCCCCC(=S)OC(C)C(Cc1c(C)cc(C(C)(C)C)c(O)c1C)(Cc1c(C)cc(C(C)(C)C)c(O)c1C)C(CCCCCCCCCCCCCCCCC)OC(=S)CCCCCCCCCCCCCCCCCC. The molecular formula is C85H152O4S2. The molecule has 91 heavy (non-hydrogen) atoms. The Morgan fingerprint density at radius 1 is 0.363 bits per heavy atom. The molecule has 0 fully saturated rings. The van der Waals surface area contributed by atoms with Gasteiger partial charge in [-0.2, -0.15) is 0 Å². The van der Waals surface area contributed by atoms with E-state index >= 15 is 0 Å². The lowest BCUT2D eigenvalue weighted by Crippen LogP contribution is -2.51. The number of hydrogen-bond donors (Lipinski definition) is 2. The van der Waals surface area contributed by atoms with E-state index in [2.05, 4.69) is 109 Å². The maximum Gasteiger partial charge on any atom is 0.160 e. The number of rotatable bonds is 58. The topological polar surface area (TPSA) is 58.9 Å². The monoisotopic (exact) mass is 1300 g/mol. The van der Waals surface area contributed by atoms with E-state index in [0.717, 1.165) is 84.7 Å². The van der Waals surface area contributed by atoms with Crippen LogP contribution in [0.4, 0.5) is 0 Å². The highest BCUT2D eigenvalue weighted by Crippen LogP contribution is 2.48. The van der Waals surface area contributed by atoms with Crippen molar-refractivity contribution < 1.29 is 19.7 Å². The number of thiocarbonyl (C=S) groups is 2. The van der Waals surface area contributed by atoms with Gasteiger partial charge in [0.2, 0.25) is 0 Å². The lowest BCUT2D eigenvalue weighted by molar-refractivity contribution is -0.0538. The van der Waals surface area contributed by atoms with Crippen LogP contribution in [0.5, 0.6) is 11.5 Å². The predicted octanol–water partition coefficient (Wildman–Crippen LogP) is 28.7. The van der Waals surface area contributed by atoms with Crippen LogP contribution in [-0.4, -0.2) is 32.5 Å². The highest BCUT2D eigenvalue weighted by atomic mass is 32.1. The number of hydrogen-bond acceptors (Lipinski definition) is 6. The fraction of sp³-hybridized carbons (Fsp3) is 0.835. The third kappa shape index (κ3) is 36.7. The van der Waals surface area contributed by atoms with E-state index in [4.69, 9.17) is 33.9 Å². The Morgan fingerprint density at radius 2 is 0.593 bits per heavy atom. The van der Waals surface area contributed by atoms with Crippen LogP contribution in [0.1, 0.15) is 435 Å². The smallest absolute Gasteiger partial charge is 0.160 e.